The Bertz CT molecular complexity index is 488. The van der Waals surface area contributed by atoms with Gasteiger partial charge in [0.1, 0.15) is 0 Å². The fourth-order valence-corrected chi connectivity index (χ4v) is 2.52. The van der Waals surface area contributed by atoms with Gasteiger partial charge in [-0.05, 0) is 36.6 Å². The van der Waals surface area contributed by atoms with E-state index in [1.165, 1.54) is 22.3 Å². The second kappa shape index (κ2) is 3.76. The Hall–Kier alpha value is -1.61. The molecule has 3 nitrogen and oxygen atoms in total. The van der Waals surface area contributed by atoms with Crippen LogP contribution in [-0.2, 0) is 6.42 Å². The standard InChI is InChI=1S/C13H15N3/c1-9-13-10(5-6-14-9)3-2-4-12(13)11-7-15-16-8-11/h2-4,7-9,14H,5-6H2,1H3,(H,15,16). The monoisotopic (exact) mass is 213 g/mol. The van der Waals surface area contributed by atoms with Crippen molar-refractivity contribution >= 4 is 0 Å². The molecule has 2 heterocycles. The molecule has 1 aromatic carbocycles. The first-order valence-corrected chi connectivity index (χ1v) is 5.70. The summed E-state index contributed by atoms with van der Waals surface area (Å²) in [5.41, 5.74) is 5.36. The van der Waals surface area contributed by atoms with E-state index in [9.17, 15) is 0 Å². The van der Waals surface area contributed by atoms with E-state index >= 15 is 0 Å². The first-order chi connectivity index (χ1) is 7.86. The molecule has 0 fully saturated rings. The van der Waals surface area contributed by atoms with Crippen molar-refractivity contribution in [1.82, 2.24) is 15.5 Å². The number of hydrogen-bond donors (Lipinski definition) is 2. The number of rotatable bonds is 1. The highest BCUT2D eigenvalue weighted by atomic mass is 15.1. The molecule has 0 saturated heterocycles. The van der Waals surface area contributed by atoms with Gasteiger partial charge in [-0.3, -0.25) is 5.10 Å². The Balaban J connectivity index is 2.19. The Kier molecular flexibility index (Phi) is 2.26. The van der Waals surface area contributed by atoms with Gasteiger partial charge in [-0.2, -0.15) is 5.10 Å². The second-order valence-electron chi connectivity index (χ2n) is 4.29. The van der Waals surface area contributed by atoms with Crippen LogP contribution in [0.15, 0.2) is 30.6 Å². The fraction of sp³-hybridized carbons (Fsp3) is 0.308. The van der Waals surface area contributed by atoms with Crippen LogP contribution in [0, 0.1) is 0 Å². The van der Waals surface area contributed by atoms with Crippen molar-refractivity contribution in [1.29, 1.82) is 0 Å². The molecule has 0 radical (unpaired) electrons. The Labute approximate surface area is 94.9 Å². The summed E-state index contributed by atoms with van der Waals surface area (Å²) in [5.74, 6) is 0. The van der Waals surface area contributed by atoms with Crippen molar-refractivity contribution in [3.63, 3.8) is 0 Å². The average Bonchev–Trinajstić information content (AvgIpc) is 2.82. The van der Waals surface area contributed by atoms with Gasteiger partial charge in [0.25, 0.3) is 0 Å². The summed E-state index contributed by atoms with van der Waals surface area (Å²) in [6.07, 6.45) is 4.96. The predicted octanol–water partition coefficient (Wildman–Crippen LogP) is 2.28. The Morgan fingerprint density at radius 1 is 1.38 bits per heavy atom. The summed E-state index contributed by atoms with van der Waals surface area (Å²) in [6.45, 7) is 3.30. The van der Waals surface area contributed by atoms with Gasteiger partial charge in [-0.25, -0.2) is 0 Å². The third-order valence-electron chi connectivity index (χ3n) is 3.28. The molecule has 1 aliphatic rings. The number of benzene rings is 1. The molecular formula is C13H15N3. The molecule has 1 unspecified atom stereocenters. The van der Waals surface area contributed by atoms with Crippen LogP contribution >= 0.6 is 0 Å². The molecule has 82 valence electrons. The van der Waals surface area contributed by atoms with Crippen molar-refractivity contribution in [2.24, 2.45) is 0 Å². The summed E-state index contributed by atoms with van der Waals surface area (Å²) < 4.78 is 0. The summed E-state index contributed by atoms with van der Waals surface area (Å²) in [7, 11) is 0. The quantitative estimate of drug-likeness (QED) is 0.763. The molecule has 1 aromatic heterocycles. The van der Waals surface area contributed by atoms with Gasteiger partial charge >= 0.3 is 0 Å². The van der Waals surface area contributed by atoms with Gasteiger partial charge in [0, 0.05) is 17.8 Å². The first kappa shape index (κ1) is 9.60. The average molecular weight is 213 g/mol. The number of nitrogens with zero attached hydrogens (tertiary/aromatic N) is 1. The highest BCUT2D eigenvalue weighted by molar-refractivity contribution is 5.68. The Morgan fingerprint density at radius 3 is 3.12 bits per heavy atom. The number of aromatic amines is 1. The van der Waals surface area contributed by atoms with Crippen molar-refractivity contribution in [3.8, 4) is 11.1 Å². The third kappa shape index (κ3) is 1.44. The summed E-state index contributed by atoms with van der Waals surface area (Å²) >= 11 is 0. The number of fused-ring (bicyclic) bond motifs is 1. The lowest BCUT2D eigenvalue weighted by Crippen LogP contribution is -2.28. The van der Waals surface area contributed by atoms with Gasteiger partial charge in [-0.1, -0.05) is 18.2 Å². The lowest BCUT2D eigenvalue weighted by molar-refractivity contribution is 0.542. The van der Waals surface area contributed by atoms with Crippen molar-refractivity contribution < 1.29 is 0 Å². The van der Waals surface area contributed by atoms with Crippen LogP contribution in [0.4, 0.5) is 0 Å². The topological polar surface area (TPSA) is 40.7 Å². The minimum Gasteiger partial charge on any atom is -0.310 e. The summed E-state index contributed by atoms with van der Waals surface area (Å²) in [4.78, 5) is 0. The van der Waals surface area contributed by atoms with Gasteiger partial charge in [0.2, 0.25) is 0 Å². The minimum atomic E-state index is 0.426. The normalized spacial score (nSPS) is 19.4. The molecule has 1 aliphatic heterocycles. The van der Waals surface area contributed by atoms with E-state index in [4.69, 9.17) is 0 Å². The molecule has 0 amide bonds. The third-order valence-corrected chi connectivity index (χ3v) is 3.28. The summed E-state index contributed by atoms with van der Waals surface area (Å²) in [5, 5.41) is 10.4. The fourth-order valence-electron chi connectivity index (χ4n) is 2.52. The molecule has 3 heteroatoms. The highest BCUT2D eigenvalue weighted by Gasteiger charge is 2.19. The van der Waals surface area contributed by atoms with Crippen LogP contribution in [0.2, 0.25) is 0 Å². The number of H-pyrrole nitrogens is 1. The van der Waals surface area contributed by atoms with Gasteiger partial charge in [0.05, 0.1) is 6.20 Å². The molecule has 2 aromatic rings. The molecule has 0 saturated carbocycles. The molecule has 0 spiro atoms. The van der Waals surface area contributed by atoms with E-state index in [0.29, 0.717) is 6.04 Å². The zero-order valence-corrected chi connectivity index (χ0v) is 9.33. The van der Waals surface area contributed by atoms with Gasteiger partial charge in [-0.15, -0.1) is 0 Å². The van der Waals surface area contributed by atoms with E-state index in [-0.39, 0.29) is 0 Å². The smallest absolute Gasteiger partial charge is 0.0565 e. The predicted molar refractivity (Wildman–Crippen MR) is 64.1 cm³/mol. The lowest BCUT2D eigenvalue weighted by atomic mass is 9.89. The second-order valence-corrected chi connectivity index (χ2v) is 4.29. The number of nitrogens with one attached hydrogen (secondary N) is 2. The number of hydrogen-bond acceptors (Lipinski definition) is 2. The van der Waals surface area contributed by atoms with Crippen LogP contribution < -0.4 is 5.32 Å². The van der Waals surface area contributed by atoms with E-state index in [1.54, 1.807) is 0 Å². The maximum absolute atomic E-state index is 4.03. The van der Waals surface area contributed by atoms with Crippen LogP contribution in [0.25, 0.3) is 11.1 Å². The molecule has 0 aliphatic carbocycles. The molecular weight excluding hydrogens is 198 g/mol. The van der Waals surface area contributed by atoms with E-state index in [0.717, 1.165) is 13.0 Å². The highest BCUT2D eigenvalue weighted by Crippen LogP contribution is 2.32. The van der Waals surface area contributed by atoms with E-state index < -0.39 is 0 Å². The van der Waals surface area contributed by atoms with E-state index in [2.05, 4.69) is 40.6 Å². The Morgan fingerprint density at radius 2 is 2.31 bits per heavy atom. The van der Waals surface area contributed by atoms with Gasteiger partial charge < -0.3 is 5.32 Å². The zero-order chi connectivity index (χ0) is 11.0. The van der Waals surface area contributed by atoms with Gasteiger partial charge in [0.15, 0.2) is 0 Å². The first-order valence-electron chi connectivity index (χ1n) is 5.70. The maximum Gasteiger partial charge on any atom is 0.0565 e. The largest absolute Gasteiger partial charge is 0.310 e. The van der Waals surface area contributed by atoms with Crippen molar-refractivity contribution in [2.45, 2.75) is 19.4 Å². The van der Waals surface area contributed by atoms with Crippen LogP contribution in [0.5, 0.6) is 0 Å². The molecule has 16 heavy (non-hydrogen) atoms. The lowest BCUT2D eigenvalue weighted by Gasteiger charge is -2.26. The summed E-state index contributed by atoms with van der Waals surface area (Å²) in [6, 6.07) is 6.97. The zero-order valence-electron chi connectivity index (χ0n) is 9.33. The number of aromatic nitrogens is 2. The molecule has 0 bridgehead atoms. The molecule has 2 N–H and O–H groups in total. The minimum absolute atomic E-state index is 0.426. The molecule has 1 atom stereocenters. The SMILES string of the molecule is CC1NCCc2cccc(-c3cn[nH]c3)c21. The molecule has 3 rings (SSSR count). The van der Waals surface area contributed by atoms with Crippen LogP contribution in [-0.4, -0.2) is 16.7 Å². The maximum atomic E-state index is 4.03. The van der Waals surface area contributed by atoms with Crippen molar-refractivity contribution in [2.75, 3.05) is 6.54 Å². The van der Waals surface area contributed by atoms with E-state index in [1.807, 2.05) is 12.4 Å². The van der Waals surface area contributed by atoms with Crippen LogP contribution in [0.1, 0.15) is 24.1 Å². The van der Waals surface area contributed by atoms with Crippen LogP contribution in [0.3, 0.4) is 0 Å². The van der Waals surface area contributed by atoms with Crippen molar-refractivity contribution in [3.05, 3.63) is 41.7 Å².